The molecule has 1 aromatic carbocycles. The second-order valence-electron chi connectivity index (χ2n) is 7.36. The molecule has 2 amide bonds. The van der Waals surface area contributed by atoms with E-state index in [1.54, 1.807) is 25.3 Å². The summed E-state index contributed by atoms with van der Waals surface area (Å²) < 4.78 is 5.60. The molecule has 0 saturated heterocycles. The maximum Gasteiger partial charge on any atom is 0.251 e. The Morgan fingerprint density at radius 2 is 2.04 bits per heavy atom. The van der Waals surface area contributed by atoms with Gasteiger partial charge in [-0.2, -0.15) is 0 Å². The van der Waals surface area contributed by atoms with E-state index < -0.39 is 0 Å². The quantitative estimate of drug-likeness (QED) is 0.808. The van der Waals surface area contributed by atoms with Crippen LogP contribution >= 0.6 is 0 Å². The van der Waals surface area contributed by atoms with Crippen molar-refractivity contribution in [3.63, 3.8) is 0 Å². The lowest BCUT2D eigenvalue weighted by molar-refractivity contribution is -0.117. The number of carbonyl (C=O) groups excluding carboxylic acids is 2. The Bertz CT molecular complexity index is 641. The first-order valence-corrected chi connectivity index (χ1v) is 8.67. The molecule has 5 nitrogen and oxygen atoms in total. The SMILES string of the molecule is COC(C)(CNC(=O)c1cccc(NC(=O)C2CC2C)c1)C1CC1. The third kappa shape index (κ3) is 3.78. The molecule has 24 heavy (non-hydrogen) atoms. The van der Waals surface area contributed by atoms with Crippen LogP contribution in [0.4, 0.5) is 5.69 Å². The van der Waals surface area contributed by atoms with Gasteiger partial charge in [0, 0.05) is 30.8 Å². The second-order valence-corrected chi connectivity index (χ2v) is 7.36. The predicted octanol–water partition coefficient (Wildman–Crippen LogP) is 2.83. The van der Waals surface area contributed by atoms with Crippen molar-refractivity contribution < 1.29 is 14.3 Å². The van der Waals surface area contributed by atoms with Gasteiger partial charge in [0.2, 0.25) is 5.91 Å². The van der Waals surface area contributed by atoms with Gasteiger partial charge in [-0.1, -0.05) is 13.0 Å². The number of methoxy groups -OCH3 is 1. The van der Waals surface area contributed by atoms with E-state index in [-0.39, 0.29) is 23.3 Å². The summed E-state index contributed by atoms with van der Waals surface area (Å²) >= 11 is 0. The lowest BCUT2D eigenvalue weighted by Crippen LogP contribution is -2.43. The van der Waals surface area contributed by atoms with Crippen LogP contribution in [0, 0.1) is 17.8 Å². The van der Waals surface area contributed by atoms with E-state index in [2.05, 4.69) is 17.6 Å². The molecule has 2 saturated carbocycles. The average molecular weight is 330 g/mol. The minimum absolute atomic E-state index is 0.0424. The summed E-state index contributed by atoms with van der Waals surface area (Å²) in [4.78, 5) is 24.4. The van der Waals surface area contributed by atoms with Gasteiger partial charge in [0.15, 0.2) is 0 Å². The minimum Gasteiger partial charge on any atom is -0.376 e. The Balaban J connectivity index is 1.58. The molecule has 0 aromatic heterocycles. The van der Waals surface area contributed by atoms with E-state index in [9.17, 15) is 9.59 Å². The smallest absolute Gasteiger partial charge is 0.251 e. The fraction of sp³-hybridized carbons (Fsp3) is 0.579. The molecule has 3 atom stereocenters. The molecule has 0 heterocycles. The first-order chi connectivity index (χ1) is 11.4. The van der Waals surface area contributed by atoms with Gasteiger partial charge in [-0.3, -0.25) is 9.59 Å². The Labute approximate surface area is 143 Å². The molecule has 2 N–H and O–H groups in total. The highest BCUT2D eigenvalue weighted by Crippen LogP contribution is 2.41. The van der Waals surface area contributed by atoms with E-state index >= 15 is 0 Å². The van der Waals surface area contributed by atoms with Crippen LogP contribution in [-0.2, 0) is 9.53 Å². The zero-order valence-corrected chi connectivity index (χ0v) is 14.6. The standard InChI is InChI=1S/C19H26N2O3/c1-12-9-16(12)18(23)21-15-6-4-5-13(10-15)17(22)20-11-19(2,24-3)14-7-8-14/h4-6,10,12,14,16H,7-9,11H2,1-3H3,(H,20,22)(H,21,23). The molecule has 1 aromatic rings. The van der Waals surface area contributed by atoms with Crippen LogP contribution in [0.3, 0.4) is 0 Å². The Morgan fingerprint density at radius 1 is 1.33 bits per heavy atom. The summed E-state index contributed by atoms with van der Waals surface area (Å²) in [5.74, 6) is 0.999. The molecule has 3 unspecified atom stereocenters. The van der Waals surface area contributed by atoms with Gasteiger partial charge in [-0.15, -0.1) is 0 Å². The highest BCUT2D eigenvalue weighted by molar-refractivity contribution is 5.98. The molecule has 0 spiro atoms. The van der Waals surface area contributed by atoms with Gasteiger partial charge in [-0.05, 0) is 56.2 Å². The summed E-state index contributed by atoms with van der Waals surface area (Å²) in [6.45, 7) is 4.60. The average Bonchev–Trinajstić information content (AvgIpc) is 3.47. The molecule has 0 aliphatic heterocycles. The van der Waals surface area contributed by atoms with Crippen molar-refractivity contribution in [3.8, 4) is 0 Å². The van der Waals surface area contributed by atoms with Gasteiger partial charge in [0.05, 0.1) is 5.60 Å². The van der Waals surface area contributed by atoms with E-state index in [1.165, 1.54) is 0 Å². The summed E-state index contributed by atoms with van der Waals surface area (Å²) in [5.41, 5.74) is 0.915. The molecule has 5 heteroatoms. The normalized spacial score (nSPS) is 24.8. The first kappa shape index (κ1) is 17.0. The van der Waals surface area contributed by atoms with Crippen molar-refractivity contribution in [2.24, 2.45) is 17.8 Å². The predicted molar refractivity (Wildman–Crippen MR) is 92.8 cm³/mol. The largest absolute Gasteiger partial charge is 0.376 e. The Kier molecular flexibility index (Phi) is 4.63. The number of anilines is 1. The van der Waals surface area contributed by atoms with Crippen LogP contribution in [0.25, 0.3) is 0 Å². The van der Waals surface area contributed by atoms with Crippen molar-refractivity contribution in [2.45, 2.75) is 38.7 Å². The van der Waals surface area contributed by atoms with Crippen molar-refractivity contribution >= 4 is 17.5 Å². The number of benzene rings is 1. The van der Waals surface area contributed by atoms with Crippen molar-refractivity contribution in [1.82, 2.24) is 5.32 Å². The van der Waals surface area contributed by atoms with Crippen molar-refractivity contribution in [1.29, 1.82) is 0 Å². The molecule has 0 radical (unpaired) electrons. The summed E-state index contributed by atoms with van der Waals surface area (Å²) in [5, 5.41) is 5.86. The van der Waals surface area contributed by atoms with Gasteiger partial charge in [-0.25, -0.2) is 0 Å². The van der Waals surface area contributed by atoms with Crippen molar-refractivity contribution in [3.05, 3.63) is 29.8 Å². The number of ether oxygens (including phenoxy) is 1. The van der Waals surface area contributed by atoms with Gasteiger partial charge < -0.3 is 15.4 Å². The lowest BCUT2D eigenvalue weighted by atomic mass is 10.00. The fourth-order valence-electron chi connectivity index (χ4n) is 3.10. The minimum atomic E-state index is -0.302. The maximum absolute atomic E-state index is 12.4. The zero-order valence-electron chi connectivity index (χ0n) is 14.6. The third-order valence-electron chi connectivity index (χ3n) is 5.35. The van der Waals surface area contributed by atoms with Crippen LogP contribution in [0.15, 0.2) is 24.3 Å². The Hall–Kier alpha value is -1.88. The maximum atomic E-state index is 12.4. The highest BCUT2D eigenvalue weighted by Gasteiger charge is 2.42. The number of hydrogen-bond donors (Lipinski definition) is 2. The monoisotopic (exact) mass is 330 g/mol. The third-order valence-corrected chi connectivity index (χ3v) is 5.35. The lowest BCUT2D eigenvalue weighted by Gasteiger charge is -2.28. The molecule has 2 fully saturated rings. The van der Waals surface area contributed by atoms with E-state index in [1.807, 2.05) is 13.0 Å². The summed E-state index contributed by atoms with van der Waals surface area (Å²) in [7, 11) is 1.69. The van der Waals surface area contributed by atoms with E-state index in [0.717, 1.165) is 19.3 Å². The molecule has 130 valence electrons. The van der Waals surface area contributed by atoms with Crippen LogP contribution in [0.1, 0.15) is 43.5 Å². The van der Waals surface area contributed by atoms with Gasteiger partial charge in [0.25, 0.3) is 5.91 Å². The topological polar surface area (TPSA) is 67.4 Å². The number of amides is 2. The Morgan fingerprint density at radius 3 is 2.62 bits per heavy atom. The summed E-state index contributed by atoms with van der Waals surface area (Å²) in [6.07, 6.45) is 3.26. The second kappa shape index (κ2) is 6.55. The van der Waals surface area contributed by atoms with Gasteiger partial charge in [0.1, 0.15) is 0 Å². The highest BCUT2D eigenvalue weighted by atomic mass is 16.5. The van der Waals surface area contributed by atoms with Crippen LogP contribution in [0.5, 0.6) is 0 Å². The molecular formula is C19H26N2O3. The number of hydrogen-bond acceptors (Lipinski definition) is 3. The molecule has 2 aliphatic rings. The van der Waals surface area contributed by atoms with Gasteiger partial charge >= 0.3 is 0 Å². The van der Waals surface area contributed by atoms with Crippen LogP contribution in [-0.4, -0.2) is 31.1 Å². The molecule has 0 bridgehead atoms. The zero-order chi connectivity index (χ0) is 17.3. The van der Waals surface area contributed by atoms with E-state index in [4.69, 9.17) is 4.74 Å². The van der Waals surface area contributed by atoms with Crippen LogP contribution < -0.4 is 10.6 Å². The molecular weight excluding hydrogens is 304 g/mol. The number of nitrogens with one attached hydrogen (secondary N) is 2. The summed E-state index contributed by atoms with van der Waals surface area (Å²) in [6, 6.07) is 7.08. The first-order valence-electron chi connectivity index (χ1n) is 8.67. The molecule has 2 aliphatic carbocycles. The number of rotatable bonds is 7. The number of carbonyl (C=O) groups is 2. The van der Waals surface area contributed by atoms with E-state index in [0.29, 0.717) is 29.6 Å². The van der Waals surface area contributed by atoms with Crippen LogP contribution in [0.2, 0.25) is 0 Å². The van der Waals surface area contributed by atoms with Crippen molar-refractivity contribution in [2.75, 3.05) is 19.0 Å². The fourth-order valence-corrected chi connectivity index (χ4v) is 3.10. The molecule has 3 rings (SSSR count).